The number of hydrogen-bond acceptors (Lipinski definition) is 9. The standard InChI is InChI=1S/C28H45N9O8/c1-15(2)11-20(26(44)34-14-23(40)41)37-24(42)16(3)35-27(45)21(12-17-6-8-18(38)9-7-17)36-22(39)13-33-25(43)19(29)5-4-10-32-28(30)31/h6-9,15-16,19-21,38H,4-5,10-14,29H2,1-3H3,(H,33,43)(H,34,44)(H,35,45)(H,36,39)(H,37,42)(H,40,41)(H4,30,31,32)/t16-,19-,20-,21+/m0/s1. The number of aromatic hydroxyl groups is 1. The molecule has 1 rings (SSSR count). The molecule has 0 spiro atoms. The smallest absolute Gasteiger partial charge is 0.322 e. The molecule has 0 aliphatic rings. The van der Waals surface area contributed by atoms with E-state index in [4.69, 9.17) is 22.3 Å². The largest absolute Gasteiger partial charge is 0.508 e. The number of nitrogens with zero attached hydrogens (tertiary/aromatic N) is 1. The van der Waals surface area contributed by atoms with Crippen molar-refractivity contribution >= 4 is 41.5 Å². The van der Waals surface area contributed by atoms with Crippen molar-refractivity contribution in [1.82, 2.24) is 26.6 Å². The van der Waals surface area contributed by atoms with Gasteiger partial charge in [-0.1, -0.05) is 26.0 Å². The second-order valence-electron chi connectivity index (χ2n) is 10.8. The highest BCUT2D eigenvalue weighted by Gasteiger charge is 2.28. The van der Waals surface area contributed by atoms with Gasteiger partial charge in [0.2, 0.25) is 29.5 Å². The molecule has 0 fully saturated rings. The number of carboxylic acids is 1. The zero-order valence-electron chi connectivity index (χ0n) is 25.7. The predicted octanol–water partition coefficient (Wildman–Crippen LogP) is -2.85. The number of benzene rings is 1. The molecule has 17 nitrogen and oxygen atoms in total. The van der Waals surface area contributed by atoms with Gasteiger partial charge in [0.1, 0.15) is 30.4 Å². The molecule has 45 heavy (non-hydrogen) atoms. The molecule has 0 saturated carbocycles. The van der Waals surface area contributed by atoms with Crippen molar-refractivity contribution in [1.29, 1.82) is 0 Å². The number of carbonyl (C=O) groups excluding carboxylic acids is 5. The van der Waals surface area contributed by atoms with Crippen molar-refractivity contribution in [3.05, 3.63) is 29.8 Å². The number of guanidine groups is 1. The highest BCUT2D eigenvalue weighted by atomic mass is 16.4. The molecule has 250 valence electrons. The second kappa shape index (κ2) is 19.4. The summed E-state index contributed by atoms with van der Waals surface area (Å²) < 4.78 is 0. The van der Waals surface area contributed by atoms with Gasteiger partial charge < -0.3 is 54.0 Å². The summed E-state index contributed by atoms with van der Waals surface area (Å²) in [5.41, 5.74) is 16.9. The lowest BCUT2D eigenvalue weighted by Crippen LogP contribution is -2.57. The average molecular weight is 636 g/mol. The molecule has 0 aromatic heterocycles. The quantitative estimate of drug-likeness (QED) is 0.0419. The fourth-order valence-corrected chi connectivity index (χ4v) is 3.94. The summed E-state index contributed by atoms with van der Waals surface area (Å²) in [5.74, 6) is -4.81. The molecule has 1 aromatic rings. The summed E-state index contributed by atoms with van der Waals surface area (Å²) in [4.78, 5) is 78.3. The number of nitrogens with two attached hydrogens (primary N) is 3. The maximum Gasteiger partial charge on any atom is 0.322 e. The van der Waals surface area contributed by atoms with Gasteiger partial charge in [0.25, 0.3) is 0 Å². The topological polar surface area (TPSA) is 293 Å². The Bertz CT molecular complexity index is 1200. The van der Waals surface area contributed by atoms with Crippen LogP contribution in [0.15, 0.2) is 29.3 Å². The first-order valence-electron chi connectivity index (χ1n) is 14.3. The monoisotopic (exact) mass is 635 g/mol. The first-order valence-corrected chi connectivity index (χ1v) is 14.3. The highest BCUT2D eigenvalue weighted by Crippen LogP contribution is 2.12. The zero-order chi connectivity index (χ0) is 34.1. The van der Waals surface area contributed by atoms with Gasteiger partial charge in [0, 0.05) is 13.0 Å². The Balaban J connectivity index is 2.89. The molecule has 0 unspecified atom stereocenters. The second-order valence-corrected chi connectivity index (χ2v) is 10.8. The van der Waals surface area contributed by atoms with Gasteiger partial charge in [0.15, 0.2) is 5.96 Å². The van der Waals surface area contributed by atoms with Crippen LogP contribution in [0.4, 0.5) is 0 Å². The molecule has 0 radical (unpaired) electrons. The van der Waals surface area contributed by atoms with E-state index < -0.39 is 72.8 Å². The van der Waals surface area contributed by atoms with Gasteiger partial charge in [-0.05, 0) is 49.8 Å². The van der Waals surface area contributed by atoms with Crippen LogP contribution >= 0.6 is 0 Å². The van der Waals surface area contributed by atoms with Crippen molar-refractivity contribution in [2.24, 2.45) is 28.1 Å². The van der Waals surface area contributed by atoms with Gasteiger partial charge in [-0.2, -0.15) is 0 Å². The average Bonchev–Trinajstić information content (AvgIpc) is 2.96. The molecule has 0 heterocycles. The Morgan fingerprint density at radius 2 is 1.44 bits per heavy atom. The van der Waals surface area contributed by atoms with Crippen LogP contribution in [0.25, 0.3) is 0 Å². The first kappa shape index (κ1) is 38.1. The summed E-state index contributed by atoms with van der Waals surface area (Å²) in [7, 11) is 0. The number of rotatable bonds is 19. The van der Waals surface area contributed by atoms with E-state index >= 15 is 0 Å². The molecule has 0 aliphatic carbocycles. The molecular weight excluding hydrogens is 590 g/mol. The van der Waals surface area contributed by atoms with Gasteiger partial charge in [-0.25, -0.2) is 0 Å². The lowest BCUT2D eigenvalue weighted by molar-refractivity contribution is -0.138. The van der Waals surface area contributed by atoms with Crippen LogP contribution in [0.1, 0.15) is 45.6 Å². The molecule has 13 N–H and O–H groups in total. The van der Waals surface area contributed by atoms with Crippen LogP contribution in [-0.2, 0) is 35.2 Å². The fraction of sp³-hybridized carbons (Fsp3) is 0.536. The third-order valence-electron chi connectivity index (χ3n) is 6.26. The zero-order valence-corrected chi connectivity index (χ0v) is 25.7. The number of carbonyl (C=O) groups is 6. The maximum absolute atomic E-state index is 13.2. The highest BCUT2D eigenvalue weighted by molar-refractivity contribution is 5.95. The lowest BCUT2D eigenvalue weighted by Gasteiger charge is -2.24. The van der Waals surface area contributed by atoms with Gasteiger partial charge in [-0.3, -0.25) is 33.8 Å². The van der Waals surface area contributed by atoms with Crippen LogP contribution in [0, 0.1) is 5.92 Å². The molecule has 4 atom stereocenters. The van der Waals surface area contributed by atoms with Gasteiger partial charge >= 0.3 is 5.97 Å². The Morgan fingerprint density at radius 3 is 2.02 bits per heavy atom. The third kappa shape index (κ3) is 15.9. The van der Waals surface area contributed by atoms with E-state index in [-0.39, 0.29) is 43.4 Å². The summed E-state index contributed by atoms with van der Waals surface area (Å²) in [6, 6.07) is 1.57. The molecule has 5 amide bonds. The van der Waals surface area contributed by atoms with Crippen molar-refractivity contribution < 1.29 is 39.0 Å². The number of phenols is 1. The first-order chi connectivity index (χ1) is 21.1. The molecule has 0 saturated heterocycles. The van der Waals surface area contributed by atoms with Crippen LogP contribution in [0.2, 0.25) is 0 Å². The molecular formula is C28H45N9O8. The number of aliphatic imine (C=N–C) groups is 1. The Morgan fingerprint density at radius 1 is 0.822 bits per heavy atom. The maximum atomic E-state index is 13.2. The number of aliphatic carboxylic acids is 1. The van der Waals surface area contributed by atoms with Gasteiger partial charge in [-0.15, -0.1) is 0 Å². The molecule has 17 heteroatoms. The Labute approximate surface area is 261 Å². The van der Waals surface area contributed by atoms with E-state index in [9.17, 15) is 33.9 Å². The van der Waals surface area contributed by atoms with E-state index in [1.165, 1.54) is 19.1 Å². The number of hydrogen-bond donors (Lipinski definition) is 10. The Kier molecular flexibility index (Phi) is 16.4. The summed E-state index contributed by atoms with van der Waals surface area (Å²) in [6.07, 6.45) is 0.876. The minimum atomic E-state index is -1.25. The minimum absolute atomic E-state index is 0.00484. The van der Waals surface area contributed by atoms with Crippen LogP contribution in [0.3, 0.4) is 0 Å². The number of amides is 5. The van der Waals surface area contributed by atoms with Crippen molar-refractivity contribution in [2.45, 2.75) is 70.6 Å². The number of nitrogens with one attached hydrogen (secondary N) is 5. The third-order valence-corrected chi connectivity index (χ3v) is 6.26. The van der Waals surface area contributed by atoms with Crippen molar-refractivity contribution in [3.63, 3.8) is 0 Å². The predicted molar refractivity (Wildman–Crippen MR) is 164 cm³/mol. The van der Waals surface area contributed by atoms with Gasteiger partial charge in [0.05, 0.1) is 12.6 Å². The molecule has 0 bridgehead atoms. The fourth-order valence-electron chi connectivity index (χ4n) is 3.94. The van der Waals surface area contributed by atoms with Crippen LogP contribution in [-0.4, -0.2) is 95.5 Å². The lowest BCUT2D eigenvalue weighted by atomic mass is 10.0. The van der Waals surface area contributed by atoms with E-state index in [1.807, 2.05) is 13.8 Å². The van der Waals surface area contributed by atoms with Crippen LogP contribution < -0.4 is 43.8 Å². The number of carboxylic acid groups (broad SMARTS) is 1. The van der Waals surface area contributed by atoms with E-state index in [0.717, 1.165) is 0 Å². The SMILES string of the molecule is CC(C)C[C@H](NC(=O)[C@H](C)NC(=O)[C@@H](Cc1ccc(O)cc1)NC(=O)CNC(=O)[C@@H](N)CCCN=C(N)N)C(=O)NCC(=O)O. The molecule has 0 aliphatic heterocycles. The number of phenolic OH excluding ortho intramolecular Hbond substituents is 1. The summed E-state index contributed by atoms with van der Waals surface area (Å²) >= 11 is 0. The van der Waals surface area contributed by atoms with Crippen molar-refractivity contribution in [3.8, 4) is 5.75 Å². The van der Waals surface area contributed by atoms with E-state index in [1.54, 1.807) is 12.1 Å². The summed E-state index contributed by atoms with van der Waals surface area (Å²) in [6.45, 7) is 4.18. The summed E-state index contributed by atoms with van der Waals surface area (Å²) in [5, 5.41) is 30.6. The normalized spacial score (nSPS) is 13.4. The van der Waals surface area contributed by atoms with E-state index in [0.29, 0.717) is 12.0 Å². The van der Waals surface area contributed by atoms with Crippen LogP contribution in [0.5, 0.6) is 5.75 Å². The van der Waals surface area contributed by atoms with E-state index in [2.05, 4.69) is 31.6 Å². The Hall–Kier alpha value is -4.93. The minimum Gasteiger partial charge on any atom is -0.508 e. The molecule has 1 aromatic carbocycles. The van der Waals surface area contributed by atoms with Crippen molar-refractivity contribution in [2.75, 3.05) is 19.6 Å².